The van der Waals surface area contributed by atoms with Crippen molar-refractivity contribution in [2.45, 2.75) is 38.1 Å². The number of nitrogens with one attached hydrogen (secondary N) is 2. The highest BCUT2D eigenvalue weighted by Gasteiger charge is 2.21. The van der Waals surface area contributed by atoms with Crippen LogP contribution in [0.4, 0.5) is 5.82 Å². The Labute approximate surface area is 179 Å². The lowest BCUT2D eigenvalue weighted by Gasteiger charge is -2.37. The van der Waals surface area contributed by atoms with Gasteiger partial charge in [0.2, 0.25) is 5.91 Å². The van der Waals surface area contributed by atoms with Crippen LogP contribution < -0.4 is 15.5 Å². The van der Waals surface area contributed by atoms with E-state index in [0.717, 1.165) is 50.8 Å². The normalized spacial score (nSPS) is 18.6. The quantitative estimate of drug-likeness (QED) is 0.386. The third-order valence-corrected chi connectivity index (χ3v) is 5.14. The number of aromatic nitrogens is 1. The van der Waals surface area contributed by atoms with Crippen molar-refractivity contribution in [1.82, 2.24) is 20.5 Å². The fourth-order valence-corrected chi connectivity index (χ4v) is 3.71. The van der Waals surface area contributed by atoms with Gasteiger partial charge in [-0.3, -0.25) is 9.79 Å². The summed E-state index contributed by atoms with van der Waals surface area (Å²) in [5.41, 5.74) is 0. The number of carbonyl (C=O) groups is 1. The second-order valence-corrected chi connectivity index (χ2v) is 6.97. The molecule has 0 unspecified atom stereocenters. The Morgan fingerprint density at radius 3 is 2.56 bits per heavy atom. The fraction of sp³-hybridized carbons (Fsp3) is 0.632. The molecular weight excluding hydrogens is 455 g/mol. The second kappa shape index (κ2) is 11.3. The molecule has 1 aromatic heterocycles. The van der Waals surface area contributed by atoms with Crippen LogP contribution in [0.15, 0.2) is 29.4 Å². The standard InChI is InChI=1S/C19H30N6O.HI/c1-20-19(22-15-18(26)23-16-7-3-2-4-8-16)25-13-11-24(12-14-25)17-9-5-6-10-21-17;/h5-6,9-10,16H,2-4,7-8,11-15H2,1H3,(H,20,22)(H,23,26);1H. The molecule has 150 valence electrons. The Morgan fingerprint density at radius 2 is 1.93 bits per heavy atom. The highest BCUT2D eigenvalue weighted by molar-refractivity contribution is 14.0. The van der Waals surface area contributed by atoms with E-state index < -0.39 is 0 Å². The van der Waals surface area contributed by atoms with Crippen molar-refractivity contribution in [1.29, 1.82) is 0 Å². The number of aliphatic imine (C=N–C) groups is 1. The number of hydrogen-bond acceptors (Lipinski definition) is 4. The SMILES string of the molecule is CN=C(NCC(=O)NC1CCCCC1)N1CCN(c2ccccn2)CC1.I. The van der Waals surface area contributed by atoms with E-state index in [2.05, 4.69) is 30.4 Å². The Balaban J connectivity index is 0.00000261. The highest BCUT2D eigenvalue weighted by atomic mass is 127. The van der Waals surface area contributed by atoms with Crippen molar-refractivity contribution in [3.8, 4) is 0 Å². The molecular formula is C19H31IN6O. The van der Waals surface area contributed by atoms with Crippen LogP contribution in [-0.2, 0) is 4.79 Å². The molecule has 2 heterocycles. The molecule has 2 fully saturated rings. The molecule has 1 aliphatic heterocycles. The zero-order valence-electron chi connectivity index (χ0n) is 16.1. The zero-order chi connectivity index (χ0) is 18.2. The maximum absolute atomic E-state index is 12.2. The van der Waals surface area contributed by atoms with Crippen molar-refractivity contribution >= 4 is 41.7 Å². The molecule has 8 heteroatoms. The number of anilines is 1. The summed E-state index contributed by atoms with van der Waals surface area (Å²) in [6.45, 7) is 3.79. The van der Waals surface area contributed by atoms with Crippen LogP contribution in [0.25, 0.3) is 0 Å². The summed E-state index contributed by atoms with van der Waals surface area (Å²) in [7, 11) is 1.77. The molecule has 2 aliphatic rings. The predicted molar refractivity (Wildman–Crippen MR) is 120 cm³/mol. The maximum Gasteiger partial charge on any atom is 0.239 e. The first kappa shape index (κ1) is 21.7. The monoisotopic (exact) mass is 486 g/mol. The third kappa shape index (κ3) is 6.51. The summed E-state index contributed by atoms with van der Waals surface area (Å²) in [5, 5.41) is 6.35. The molecule has 3 rings (SSSR count). The van der Waals surface area contributed by atoms with E-state index in [0.29, 0.717) is 6.04 Å². The molecule has 1 aromatic rings. The summed E-state index contributed by atoms with van der Waals surface area (Å²) >= 11 is 0. The van der Waals surface area contributed by atoms with E-state index in [-0.39, 0.29) is 36.4 Å². The number of pyridine rings is 1. The largest absolute Gasteiger partial charge is 0.353 e. The Kier molecular flexibility index (Phi) is 9.09. The molecule has 0 atom stereocenters. The lowest BCUT2D eigenvalue weighted by atomic mass is 9.95. The number of amides is 1. The lowest BCUT2D eigenvalue weighted by molar-refractivity contribution is -0.120. The molecule has 1 saturated carbocycles. The molecule has 0 radical (unpaired) electrons. The van der Waals surface area contributed by atoms with Crippen molar-refractivity contribution in [3.05, 3.63) is 24.4 Å². The van der Waals surface area contributed by atoms with Gasteiger partial charge in [0.25, 0.3) is 0 Å². The van der Waals surface area contributed by atoms with Gasteiger partial charge in [-0.1, -0.05) is 25.3 Å². The maximum atomic E-state index is 12.2. The van der Waals surface area contributed by atoms with Crippen molar-refractivity contribution in [3.63, 3.8) is 0 Å². The van der Waals surface area contributed by atoms with Gasteiger partial charge >= 0.3 is 0 Å². The molecule has 0 aromatic carbocycles. The molecule has 1 saturated heterocycles. The average Bonchev–Trinajstić information content (AvgIpc) is 2.70. The van der Waals surface area contributed by atoms with Gasteiger partial charge in [-0.05, 0) is 25.0 Å². The van der Waals surface area contributed by atoms with E-state index in [4.69, 9.17) is 0 Å². The minimum atomic E-state index is 0. The summed E-state index contributed by atoms with van der Waals surface area (Å²) in [5.74, 6) is 1.87. The summed E-state index contributed by atoms with van der Waals surface area (Å²) in [6.07, 6.45) is 7.78. The van der Waals surface area contributed by atoms with Crippen LogP contribution in [-0.4, -0.2) is 67.6 Å². The predicted octanol–water partition coefficient (Wildman–Crippen LogP) is 1.85. The Morgan fingerprint density at radius 1 is 1.19 bits per heavy atom. The third-order valence-electron chi connectivity index (χ3n) is 5.14. The molecule has 0 spiro atoms. The van der Waals surface area contributed by atoms with E-state index >= 15 is 0 Å². The van der Waals surface area contributed by atoms with Gasteiger partial charge in [0.05, 0.1) is 6.54 Å². The Hall–Kier alpha value is -1.58. The molecule has 7 nitrogen and oxygen atoms in total. The number of rotatable bonds is 4. The van der Waals surface area contributed by atoms with Gasteiger partial charge in [0.1, 0.15) is 5.82 Å². The fourth-order valence-electron chi connectivity index (χ4n) is 3.71. The van der Waals surface area contributed by atoms with Crippen LogP contribution in [0.1, 0.15) is 32.1 Å². The highest BCUT2D eigenvalue weighted by Crippen LogP contribution is 2.17. The minimum absolute atomic E-state index is 0. The van der Waals surface area contributed by atoms with E-state index in [9.17, 15) is 4.79 Å². The van der Waals surface area contributed by atoms with Gasteiger partial charge in [-0.25, -0.2) is 4.98 Å². The molecule has 1 aliphatic carbocycles. The van der Waals surface area contributed by atoms with E-state index in [1.54, 1.807) is 7.05 Å². The zero-order valence-corrected chi connectivity index (χ0v) is 18.4. The smallest absolute Gasteiger partial charge is 0.239 e. The van der Waals surface area contributed by atoms with Gasteiger partial charge in [0.15, 0.2) is 5.96 Å². The van der Waals surface area contributed by atoms with Gasteiger partial charge in [0, 0.05) is 45.5 Å². The van der Waals surface area contributed by atoms with Crippen LogP contribution in [0.2, 0.25) is 0 Å². The van der Waals surface area contributed by atoms with Crippen molar-refractivity contribution in [2.24, 2.45) is 4.99 Å². The summed E-state index contributed by atoms with van der Waals surface area (Å²) in [6, 6.07) is 6.34. The first-order valence-corrected chi connectivity index (χ1v) is 9.67. The lowest BCUT2D eigenvalue weighted by Crippen LogP contribution is -2.54. The molecule has 27 heavy (non-hydrogen) atoms. The van der Waals surface area contributed by atoms with E-state index in [1.807, 2.05) is 24.4 Å². The first-order chi connectivity index (χ1) is 12.8. The average molecular weight is 486 g/mol. The number of guanidine groups is 1. The number of nitrogens with zero attached hydrogens (tertiary/aromatic N) is 4. The minimum Gasteiger partial charge on any atom is -0.353 e. The topological polar surface area (TPSA) is 72.9 Å². The first-order valence-electron chi connectivity index (χ1n) is 9.67. The van der Waals surface area contributed by atoms with Crippen molar-refractivity contribution < 1.29 is 4.79 Å². The number of piperazine rings is 1. The van der Waals surface area contributed by atoms with Crippen molar-refractivity contribution in [2.75, 3.05) is 44.7 Å². The van der Waals surface area contributed by atoms with Gasteiger partial charge in [-0.15, -0.1) is 24.0 Å². The molecule has 2 N–H and O–H groups in total. The number of carbonyl (C=O) groups excluding carboxylic acids is 1. The van der Waals surface area contributed by atoms with E-state index in [1.165, 1.54) is 19.3 Å². The Bertz CT molecular complexity index is 597. The van der Waals surface area contributed by atoms with Crippen LogP contribution in [0.5, 0.6) is 0 Å². The summed E-state index contributed by atoms with van der Waals surface area (Å²) in [4.78, 5) is 25.4. The number of halogens is 1. The van der Waals surface area contributed by atoms with Crippen LogP contribution in [0.3, 0.4) is 0 Å². The van der Waals surface area contributed by atoms with Crippen LogP contribution in [0, 0.1) is 0 Å². The second-order valence-electron chi connectivity index (χ2n) is 6.97. The van der Waals surface area contributed by atoms with Gasteiger partial charge < -0.3 is 20.4 Å². The number of hydrogen-bond donors (Lipinski definition) is 2. The summed E-state index contributed by atoms with van der Waals surface area (Å²) < 4.78 is 0. The molecule has 0 bridgehead atoms. The molecule has 1 amide bonds. The van der Waals surface area contributed by atoms with Gasteiger partial charge in [-0.2, -0.15) is 0 Å². The van der Waals surface area contributed by atoms with Crippen LogP contribution >= 0.6 is 24.0 Å².